The number of hydrogen-bond acceptors (Lipinski definition) is 4. The smallest absolute Gasteiger partial charge is 0.253 e. The quantitative estimate of drug-likeness (QED) is 0.772. The fraction of sp³-hybridized carbons (Fsp3) is 0.381. The third-order valence-electron chi connectivity index (χ3n) is 5.35. The Kier molecular flexibility index (Phi) is 4.80. The molecule has 2 aliphatic heterocycles. The van der Waals surface area contributed by atoms with Gasteiger partial charge < -0.3 is 20.7 Å². The molecule has 5 nitrogen and oxygen atoms in total. The summed E-state index contributed by atoms with van der Waals surface area (Å²) < 4.78 is 5.19. The molecule has 0 saturated carbocycles. The zero-order valence-electron chi connectivity index (χ0n) is 15.0. The lowest BCUT2D eigenvalue weighted by molar-refractivity contribution is 0.0925. The molecule has 2 atom stereocenters. The van der Waals surface area contributed by atoms with Crippen molar-refractivity contribution in [2.45, 2.75) is 43.8 Å². The lowest BCUT2D eigenvalue weighted by Crippen LogP contribution is -2.48. The van der Waals surface area contributed by atoms with Crippen LogP contribution < -0.4 is 20.7 Å². The number of rotatable bonds is 5. The Bertz CT molecular complexity index is 763. The topological polar surface area (TPSA) is 62.4 Å². The van der Waals surface area contributed by atoms with Crippen molar-refractivity contribution in [1.29, 1.82) is 0 Å². The SMILES string of the molecule is COc1ccc(Nc2ccccc2C(=O)NC2CC3CCC(C2)N3)cc1. The number of benzene rings is 2. The number of piperidine rings is 1. The van der Waals surface area contributed by atoms with Crippen molar-refractivity contribution in [2.75, 3.05) is 12.4 Å². The molecular weight excluding hydrogens is 326 g/mol. The van der Waals surface area contributed by atoms with E-state index in [4.69, 9.17) is 4.74 Å². The van der Waals surface area contributed by atoms with Crippen LogP contribution in [0, 0.1) is 0 Å². The Morgan fingerprint density at radius 2 is 1.73 bits per heavy atom. The van der Waals surface area contributed by atoms with Gasteiger partial charge in [0.15, 0.2) is 0 Å². The Morgan fingerprint density at radius 1 is 1.04 bits per heavy atom. The van der Waals surface area contributed by atoms with Gasteiger partial charge in [0, 0.05) is 23.8 Å². The number of amides is 1. The molecule has 2 fully saturated rings. The Labute approximate surface area is 154 Å². The molecule has 5 heteroatoms. The summed E-state index contributed by atoms with van der Waals surface area (Å²) in [7, 11) is 1.65. The molecule has 0 aliphatic carbocycles. The van der Waals surface area contributed by atoms with Crippen LogP contribution in [0.25, 0.3) is 0 Å². The maximum Gasteiger partial charge on any atom is 0.253 e. The number of carbonyl (C=O) groups is 1. The second-order valence-electron chi connectivity index (χ2n) is 7.18. The van der Waals surface area contributed by atoms with Crippen LogP contribution in [-0.4, -0.2) is 31.1 Å². The molecule has 0 radical (unpaired) electrons. The van der Waals surface area contributed by atoms with Crippen LogP contribution in [0.1, 0.15) is 36.0 Å². The molecule has 2 aromatic carbocycles. The van der Waals surface area contributed by atoms with Crippen LogP contribution in [0.2, 0.25) is 0 Å². The third kappa shape index (κ3) is 3.68. The Balaban J connectivity index is 1.46. The highest BCUT2D eigenvalue weighted by Gasteiger charge is 2.34. The molecule has 2 heterocycles. The lowest BCUT2D eigenvalue weighted by Gasteiger charge is -2.30. The van der Waals surface area contributed by atoms with Crippen molar-refractivity contribution in [3.8, 4) is 5.75 Å². The first kappa shape index (κ1) is 16.9. The van der Waals surface area contributed by atoms with Crippen LogP contribution in [0.15, 0.2) is 48.5 Å². The van der Waals surface area contributed by atoms with E-state index in [1.165, 1.54) is 12.8 Å². The first-order valence-electron chi connectivity index (χ1n) is 9.28. The van der Waals surface area contributed by atoms with Gasteiger partial charge in [0.05, 0.1) is 18.4 Å². The van der Waals surface area contributed by atoms with E-state index in [0.717, 1.165) is 30.0 Å². The molecule has 4 rings (SSSR count). The number of nitrogens with one attached hydrogen (secondary N) is 3. The second-order valence-corrected chi connectivity index (χ2v) is 7.18. The van der Waals surface area contributed by atoms with Crippen molar-refractivity contribution in [3.05, 3.63) is 54.1 Å². The van der Waals surface area contributed by atoms with Crippen molar-refractivity contribution in [3.63, 3.8) is 0 Å². The molecule has 2 unspecified atom stereocenters. The van der Waals surface area contributed by atoms with Gasteiger partial charge >= 0.3 is 0 Å². The van der Waals surface area contributed by atoms with Crippen molar-refractivity contribution >= 4 is 17.3 Å². The van der Waals surface area contributed by atoms with Gasteiger partial charge in [-0.15, -0.1) is 0 Å². The zero-order chi connectivity index (χ0) is 17.9. The summed E-state index contributed by atoms with van der Waals surface area (Å²) in [5.41, 5.74) is 2.41. The average molecular weight is 351 g/mol. The van der Waals surface area contributed by atoms with E-state index < -0.39 is 0 Å². The van der Waals surface area contributed by atoms with Crippen LogP contribution >= 0.6 is 0 Å². The van der Waals surface area contributed by atoms with Crippen LogP contribution in [0.3, 0.4) is 0 Å². The first-order chi connectivity index (χ1) is 12.7. The number of anilines is 2. The molecule has 2 bridgehead atoms. The van der Waals surface area contributed by atoms with E-state index in [0.29, 0.717) is 17.6 Å². The summed E-state index contributed by atoms with van der Waals surface area (Å²) in [6.07, 6.45) is 4.51. The van der Waals surface area contributed by atoms with Gasteiger partial charge in [0.25, 0.3) is 5.91 Å². The monoisotopic (exact) mass is 351 g/mol. The molecule has 2 saturated heterocycles. The number of hydrogen-bond donors (Lipinski definition) is 3. The van der Waals surface area contributed by atoms with Gasteiger partial charge in [-0.2, -0.15) is 0 Å². The predicted octanol–water partition coefficient (Wildman–Crippen LogP) is 3.45. The second kappa shape index (κ2) is 7.38. The van der Waals surface area contributed by atoms with Gasteiger partial charge in [-0.25, -0.2) is 0 Å². The summed E-state index contributed by atoms with van der Waals surface area (Å²) in [5, 5.41) is 10.2. The molecule has 136 valence electrons. The number of fused-ring (bicyclic) bond motifs is 2. The number of methoxy groups -OCH3 is 1. The summed E-state index contributed by atoms with van der Waals surface area (Å²) in [6.45, 7) is 0. The fourth-order valence-corrected chi connectivity index (χ4v) is 4.06. The minimum atomic E-state index is -0.00656. The van der Waals surface area contributed by atoms with E-state index in [-0.39, 0.29) is 11.9 Å². The van der Waals surface area contributed by atoms with Crippen LogP contribution in [0.4, 0.5) is 11.4 Å². The minimum absolute atomic E-state index is 0.00656. The van der Waals surface area contributed by atoms with E-state index in [9.17, 15) is 4.79 Å². The Hall–Kier alpha value is -2.53. The normalized spacial score (nSPS) is 24.1. The van der Waals surface area contributed by atoms with Crippen LogP contribution in [-0.2, 0) is 0 Å². The number of ether oxygens (including phenoxy) is 1. The van der Waals surface area contributed by atoms with E-state index in [2.05, 4.69) is 16.0 Å². The summed E-state index contributed by atoms with van der Waals surface area (Å²) >= 11 is 0. The lowest BCUT2D eigenvalue weighted by atomic mass is 9.99. The molecule has 1 amide bonds. The maximum atomic E-state index is 12.9. The average Bonchev–Trinajstić information content (AvgIpc) is 3.01. The molecule has 0 aromatic heterocycles. The molecule has 2 aromatic rings. The van der Waals surface area contributed by atoms with Crippen molar-refractivity contribution in [2.24, 2.45) is 0 Å². The molecular formula is C21H25N3O2. The van der Waals surface area contributed by atoms with Gasteiger partial charge in [0.2, 0.25) is 0 Å². The highest BCUT2D eigenvalue weighted by molar-refractivity contribution is 6.00. The molecule has 26 heavy (non-hydrogen) atoms. The van der Waals surface area contributed by atoms with E-state index in [1.54, 1.807) is 7.11 Å². The predicted molar refractivity (Wildman–Crippen MR) is 103 cm³/mol. The fourth-order valence-electron chi connectivity index (χ4n) is 4.06. The largest absolute Gasteiger partial charge is 0.497 e. The summed E-state index contributed by atoms with van der Waals surface area (Å²) in [5.74, 6) is 0.801. The van der Waals surface area contributed by atoms with E-state index >= 15 is 0 Å². The molecule has 0 spiro atoms. The van der Waals surface area contributed by atoms with Crippen LogP contribution in [0.5, 0.6) is 5.75 Å². The minimum Gasteiger partial charge on any atom is -0.497 e. The number of carbonyl (C=O) groups excluding carboxylic acids is 1. The number of para-hydroxylation sites is 1. The van der Waals surface area contributed by atoms with Gasteiger partial charge in [-0.1, -0.05) is 12.1 Å². The van der Waals surface area contributed by atoms with Gasteiger partial charge in [0.1, 0.15) is 5.75 Å². The standard InChI is InChI=1S/C21H25N3O2/c1-26-18-10-8-14(9-11-18)23-20-5-3-2-4-19(20)21(25)24-17-12-15-6-7-16(13-17)22-15/h2-5,8-11,15-17,22-23H,6-7,12-13H2,1H3,(H,24,25). The molecule has 3 N–H and O–H groups in total. The maximum absolute atomic E-state index is 12.9. The van der Waals surface area contributed by atoms with Gasteiger partial charge in [-0.3, -0.25) is 4.79 Å². The van der Waals surface area contributed by atoms with E-state index in [1.807, 2.05) is 48.5 Å². The third-order valence-corrected chi connectivity index (χ3v) is 5.35. The molecule has 2 aliphatic rings. The highest BCUT2D eigenvalue weighted by atomic mass is 16.5. The summed E-state index contributed by atoms with van der Waals surface area (Å²) in [4.78, 5) is 12.9. The zero-order valence-corrected chi connectivity index (χ0v) is 15.0. The highest BCUT2D eigenvalue weighted by Crippen LogP contribution is 2.28. The van der Waals surface area contributed by atoms with Gasteiger partial charge in [-0.05, 0) is 62.1 Å². The Morgan fingerprint density at radius 3 is 2.42 bits per heavy atom. The van der Waals surface area contributed by atoms with Crippen molar-refractivity contribution in [1.82, 2.24) is 10.6 Å². The first-order valence-corrected chi connectivity index (χ1v) is 9.28. The van der Waals surface area contributed by atoms with Crippen molar-refractivity contribution < 1.29 is 9.53 Å². The summed E-state index contributed by atoms with van der Waals surface area (Å²) in [6, 6.07) is 16.7.